The smallest absolute Gasteiger partial charge is 0.306 e. The van der Waals surface area contributed by atoms with Gasteiger partial charge < -0.3 is 9.22 Å². The van der Waals surface area contributed by atoms with Gasteiger partial charge in [0.05, 0.1) is 21.1 Å². The highest BCUT2D eigenvalue weighted by Crippen LogP contribution is 2.15. The second-order valence-corrected chi connectivity index (χ2v) is 4.12. The molecule has 1 aliphatic heterocycles. The van der Waals surface area contributed by atoms with E-state index in [4.69, 9.17) is 4.74 Å². The fourth-order valence-electron chi connectivity index (χ4n) is 1.32. The molecule has 3 heteroatoms. The molecule has 1 aliphatic rings. The van der Waals surface area contributed by atoms with Crippen LogP contribution in [0.2, 0.25) is 0 Å². The van der Waals surface area contributed by atoms with Crippen molar-refractivity contribution in [2.75, 3.05) is 27.7 Å². The molecule has 64 valence electrons. The number of carbonyl (C=O) groups excluding carboxylic acids is 1. The third kappa shape index (κ3) is 2.89. The Morgan fingerprint density at radius 2 is 2.18 bits per heavy atom. The molecule has 0 aromatic rings. The number of hydrogen-bond donors (Lipinski definition) is 0. The molecule has 1 atom stereocenters. The number of rotatable bonds is 2. The largest absolute Gasteiger partial charge is 0.456 e. The fourth-order valence-corrected chi connectivity index (χ4v) is 1.32. The summed E-state index contributed by atoms with van der Waals surface area (Å²) >= 11 is 0. The minimum absolute atomic E-state index is 0.0385. The molecule has 0 bridgehead atoms. The van der Waals surface area contributed by atoms with Crippen molar-refractivity contribution >= 4 is 5.97 Å². The Hall–Kier alpha value is -0.570. The Balaban J connectivity index is 2.34. The van der Waals surface area contributed by atoms with Gasteiger partial charge in [-0.1, -0.05) is 0 Å². The summed E-state index contributed by atoms with van der Waals surface area (Å²) in [7, 11) is 6.31. The lowest BCUT2D eigenvalue weighted by molar-refractivity contribution is -0.873. The summed E-state index contributed by atoms with van der Waals surface area (Å²) in [5.41, 5.74) is 0. The van der Waals surface area contributed by atoms with Crippen molar-refractivity contribution in [1.29, 1.82) is 0 Å². The normalized spacial score (nSPS) is 25.4. The molecule has 0 aromatic heterocycles. The highest BCUT2D eigenvalue weighted by molar-refractivity contribution is 5.71. The summed E-state index contributed by atoms with van der Waals surface area (Å²) < 4.78 is 5.94. The van der Waals surface area contributed by atoms with E-state index in [9.17, 15) is 4.79 Å². The molecule has 0 N–H and O–H groups in total. The first-order chi connectivity index (χ1) is 4.97. The Morgan fingerprint density at radius 1 is 1.55 bits per heavy atom. The Morgan fingerprint density at radius 3 is 2.55 bits per heavy atom. The molecule has 3 nitrogen and oxygen atoms in total. The van der Waals surface area contributed by atoms with Crippen molar-refractivity contribution in [2.24, 2.45) is 0 Å². The van der Waals surface area contributed by atoms with Crippen LogP contribution in [0.3, 0.4) is 0 Å². The van der Waals surface area contributed by atoms with Crippen LogP contribution < -0.4 is 0 Å². The average Bonchev–Trinajstić information content (AvgIpc) is 2.10. The predicted octanol–water partition coefficient (Wildman–Crippen LogP) is 0.398. The van der Waals surface area contributed by atoms with E-state index >= 15 is 0 Å². The van der Waals surface area contributed by atoms with E-state index < -0.39 is 0 Å². The van der Waals surface area contributed by atoms with E-state index in [1.807, 2.05) is 0 Å². The first kappa shape index (κ1) is 8.53. The lowest BCUT2D eigenvalue weighted by atomic mass is 10.2. The van der Waals surface area contributed by atoms with Gasteiger partial charge in [0, 0.05) is 12.8 Å². The maximum Gasteiger partial charge on any atom is 0.306 e. The summed E-state index contributed by atoms with van der Waals surface area (Å²) in [6.07, 6.45) is 1.65. The number of esters is 1. The zero-order valence-corrected chi connectivity index (χ0v) is 7.46. The van der Waals surface area contributed by atoms with Gasteiger partial charge in [0.1, 0.15) is 6.54 Å². The number of nitrogens with zero attached hydrogens (tertiary/aromatic N) is 1. The monoisotopic (exact) mass is 158 g/mol. The van der Waals surface area contributed by atoms with Crippen LogP contribution in [0.25, 0.3) is 0 Å². The molecule has 1 saturated heterocycles. The first-order valence-corrected chi connectivity index (χ1v) is 3.97. The van der Waals surface area contributed by atoms with Crippen molar-refractivity contribution in [1.82, 2.24) is 0 Å². The lowest BCUT2D eigenvalue weighted by Gasteiger charge is -2.26. The maximum absolute atomic E-state index is 10.7. The van der Waals surface area contributed by atoms with Crippen LogP contribution in [0.5, 0.6) is 0 Å². The molecule has 0 radical (unpaired) electrons. The number of hydrogen-bond acceptors (Lipinski definition) is 2. The minimum Gasteiger partial charge on any atom is -0.456 e. The van der Waals surface area contributed by atoms with E-state index in [0.29, 0.717) is 6.42 Å². The average molecular weight is 158 g/mol. The third-order valence-electron chi connectivity index (χ3n) is 1.72. The maximum atomic E-state index is 10.7. The Labute approximate surface area is 67.5 Å². The van der Waals surface area contributed by atoms with Gasteiger partial charge in [0.25, 0.3) is 0 Å². The number of likely N-dealkylation sites (N-methyl/N-ethyl adjacent to an activating group) is 1. The van der Waals surface area contributed by atoms with E-state index in [1.165, 1.54) is 0 Å². The van der Waals surface area contributed by atoms with E-state index in [0.717, 1.165) is 17.4 Å². The number of cyclic esters (lactones) is 1. The molecule has 0 spiro atoms. The van der Waals surface area contributed by atoms with Crippen LogP contribution in [-0.4, -0.2) is 44.2 Å². The van der Waals surface area contributed by atoms with Crippen molar-refractivity contribution in [3.05, 3.63) is 0 Å². The van der Waals surface area contributed by atoms with Crippen LogP contribution in [0, 0.1) is 0 Å². The molecular weight excluding hydrogens is 142 g/mol. The standard InChI is InChI=1S/C8H16NO2/c1-9(2,3)6-7-4-5-8(10)11-7/h7H,4-6H2,1-3H3/q+1. The second-order valence-electron chi connectivity index (χ2n) is 4.12. The lowest BCUT2D eigenvalue weighted by Crippen LogP contribution is -2.41. The molecule has 0 aliphatic carbocycles. The van der Waals surface area contributed by atoms with Gasteiger partial charge in [0.2, 0.25) is 0 Å². The molecule has 1 unspecified atom stereocenters. The Kier molecular flexibility index (Phi) is 2.18. The Bertz CT molecular complexity index is 160. The van der Waals surface area contributed by atoms with Crippen LogP contribution in [0.4, 0.5) is 0 Å². The number of ether oxygens (including phenoxy) is 1. The van der Waals surface area contributed by atoms with Crippen LogP contribution in [0.1, 0.15) is 12.8 Å². The van der Waals surface area contributed by atoms with E-state index in [-0.39, 0.29) is 12.1 Å². The number of quaternary nitrogens is 1. The van der Waals surface area contributed by atoms with E-state index in [2.05, 4.69) is 21.1 Å². The van der Waals surface area contributed by atoms with Gasteiger partial charge >= 0.3 is 5.97 Å². The third-order valence-corrected chi connectivity index (χ3v) is 1.72. The molecule has 11 heavy (non-hydrogen) atoms. The van der Waals surface area contributed by atoms with Crippen molar-refractivity contribution in [2.45, 2.75) is 18.9 Å². The highest BCUT2D eigenvalue weighted by atomic mass is 16.5. The van der Waals surface area contributed by atoms with Crippen LogP contribution in [-0.2, 0) is 9.53 Å². The summed E-state index contributed by atoms with van der Waals surface area (Å²) in [5.74, 6) is -0.0385. The van der Waals surface area contributed by atoms with Gasteiger partial charge in [0.15, 0.2) is 6.10 Å². The number of carbonyl (C=O) groups is 1. The summed E-state index contributed by atoms with van der Waals surface area (Å²) in [6, 6.07) is 0. The topological polar surface area (TPSA) is 26.3 Å². The minimum atomic E-state index is -0.0385. The van der Waals surface area contributed by atoms with Gasteiger partial charge in [-0.15, -0.1) is 0 Å². The highest BCUT2D eigenvalue weighted by Gasteiger charge is 2.27. The molecule has 1 rings (SSSR count). The quantitative estimate of drug-likeness (QED) is 0.429. The van der Waals surface area contributed by atoms with Crippen LogP contribution in [0.15, 0.2) is 0 Å². The SMILES string of the molecule is C[N+](C)(C)CC1CCC(=O)O1. The van der Waals surface area contributed by atoms with E-state index in [1.54, 1.807) is 0 Å². The van der Waals surface area contributed by atoms with Crippen molar-refractivity contribution in [3.8, 4) is 0 Å². The molecule has 1 fully saturated rings. The zero-order chi connectivity index (χ0) is 8.48. The fraction of sp³-hybridized carbons (Fsp3) is 0.875. The van der Waals surface area contributed by atoms with Gasteiger partial charge in [-0.2, -0.15) is 0 Å². The molecule has 0 saturated carbocycles. The molecule has 0 amide bonds. The summed E-state index contributed by atoms with van der Waals surface area (Å²) in [4.78, 5) is 10.7. The summed E-state index contributed by atoms with van der Waals surface area (Å²) in [5, 5.41) is 0. The predicted molar refractivity (Wildman–Crippen MR) is 42.0 cm³/mol. The van der Waals surface area contributed by atoms with Gasteiger partial charge in [-0.25, -0.2) is 0 Å². The van der Waals surface area contributed by atoms with Crippen molar-refractivity contribution in [3.63, 3.8) is 0 Å². The summed E-state index contributed by atoms with van der Waals surface area (Å²) in [6.45, 7) is 0.922. The molecule has 1 heterocycles. The molecular formula is C8H16NO2+. The van der Waals surface area contributed by atoms with Gasteiger partial charge in [-0.3, -0.25) is 4.79 Å². The first-order valence-electron chi connectivity index (χ1n) is 3.97. The second kappa shape index (κ2) is 2.81. The van der Waals surface area contributed by atoms with Crippen LogP contribution >= 0.6 is 0 Å². The van der Waals surface area contributed by atoms with Gasteiger partial charge in [-0.05, 0) is 0 Å². The molecule has 0 aromatic carbocycles. The van der Waals surface area contributed by atoms with Crippen molar-refractivity contribution < 1.29 is 14.0 Å². The zero-order valence-electron chi connectivity index (χ0n) is 7.46.